The molecule has 3 aliphatic rings. The number of azo groups is 1. The van der Waals surface area contributed by atoms with Gasteiger partial charge in [-0.25, -0.2) is 0 Å². The van der Waals surface area contributed by atoms with E-state index in [1.54, 1.807) is 7.05 Å². The summed E-state index contributed by atoms with van der Waals surface area (Å²) in [4.78, 5) is 12.2. The van der Waals surface area contributed by atoms with E-state index in [0.29, 0.717) is 11.8 Å². The van der Waals surface area contributed by atoms with Gasteiger partial charge in [0.1, 0.15) is 6.04 Å². The number of aliphatic hydroxyl groups is 1. The predicted molar refractivity (Wildman–Crippen MR) is 99.2 cm³/mol. The summed E-state index contributed by atoms with van der Waals surface area (Å²) in [5.41, 5.74) is 0. The number of fused-ring (bicyclic) bond motifs is 1. The van der Waals surface area contributed by atoms with Crippen molar-refractivity contribution in [1.82, 2.24) is 5.32 Å². The van der Waals surface area contributed by atoms with E-state index in [9.17, 15) is 9.90 Å². The normalized spacial score (nSPS) is 45.1. The van der Waals surface area contributed by atoms with Gasteiger partial charge >= 0.3 is 0 Å². The van der Waals surface area contributed by atoms with Crippen LogP contribution in [0.25, 0.3) is 0 Å². The Labute approximate surface area is 159 Å². The molecule has 0 aromatic heterocycles. The van der Waals surface area contributed by atoms with Crippen molar-refractivity contribution >= 4 is 29.1 Å². The number of nitrogens with zero attached hydrogens (tertiary/aromatic N) is 2. The largest absolute Gasteiger partial charge is 0.390 e. The lowest BCUT2D eigenvalue weighted by Crippen LogP contribution is -2.52. The number of carbonyl (C=O) groups excluding carboxylic acids is 1. The van der Waals surface area contributed by atoms with Gasteiger partial charge in [-0.1, -0.05) is 19.3 Å². The van der Waals surface area contributed by atoms with E-state index in [2.05, 4.69) is 15.5 Å². The zero-order valence-electron chi connectivity index (χ0n) is 14.8. The highest BCUT2D eigenvalue weighted by Crippen LogP contribution is 2.44. The molecule has 8 unspecified atom stereocenters. The second-order valence-electron chi connectivity index (χ2n) is 7.87. The molecule has 0 heterocycles. The zero-order valence-corrected chi connectivity index (χ0v) is 16.3. The van der Waals surface area contributed by atoms with Crippen LogP contribution in [0.4, 0.5) is 0 Å². The monoisotopic (exact) mass is 389 g/mol. The first-order valence-electron chi connectivity index (χ1n) is 9.59. The fourth-order valence-electron chi connectivity index (χ4n) is 4.88. The van der Waals surface area contributed by atoms with Crippen molar-refractivity contribution in [2.75, 3.05) is 7.05 Å². The third-order valence-electron chi connectivity index (χ3n) is 6.33. The Bertz CT molecular complexity index is 505. The molecule has 1 amide bonds. The van der Waals surface area contributed by atoms with Crippen LogP contribution in [0.3, 0.4) is 0 Å². The molecule has 0 bridgehead atoms. The molecule has 0 aromatic carbocycles. The molecule has 0 spiro atoms. The van der Waals surface area contributed by atoms with Gasteiger partial charge in [-0.2, -0.15) is 10.2 Å². The second kappa shape index (κ2) is 8.53. The van der Waals surface area contributed by atoms with Crippen molar-refractivity contribution in [3.05, 3.63) is 0 Å². The van der Waals surface area contributed by atoms with Gasteiger partial charge in [0, 0.05) is 12.4 Å². The van der Waals surface area contributed by atoms with Crippen LogP contribution in [-0.2, 0) is 4.79 Å². The molecule has 142 valence electrons. The molecule has 8 atom stereocenters. The Hall–Kier alpha value is -0.390. The third kappa shape index (κ3) is 4.30. The molecule has 7 heteroatoms. The molecule has 0 radical (unpaired) electrons. The van der Waals surface area contributed by atoms with Gasteiger partial charge in [-0.15, -0.1) is 23.2 Å². The van der Waals surface area contributed by atoms with E-state index < -0.39 is 12.0 Å². The molecular weight excluding hydrogens is 361 g/mol. The van der Waals surface area contributed by atoms with Gasteiger partial charge in [-0.3, -0.25) is 4.79 Å². The Morgan fingerprint density at radius 2 is 1.84 bits per heavy atom. The minimum absolute atomic E-state index is 0.0450. The van der Waals surface area contributed by atoms with Crippen molar-refractivity contribution in [2.24, 2.45) is 28.0 Å². The van der Waals surface area contributed by atoms with Crippen molar-refractivity contribution in [2.45, 2.75) is 80.3 Å². The van der Waals surface area contributed by atoms with Crippen molar-refractivity contribution < 1.29 is 9.90 Å². The van der Waals surface area contributed by atoms with Gasteiger partial charge in [0.2, 0.25) is 5.91 Å². The number of hydrogen-bond donors (Lipinski definition) is 2. The van der Waals surface area contributed by atoms with Crippen LogP contribution in [0.15, 0.2) is 10.2 Å². The van der Waals surface area contributed by atoms with Crippen LogP contribution < -0.4 is 5.32 Å². The number of rotatable bonds is 3. The smallest absolute Gasteiger partial charge is 0.225 e. The van der Waals surface area contributed by atoms with Crippen LogP contribution in [0.2, 0.25) is 0 Å². The van der Waals surface area contributed by atoms with Crippen LogP contribution in [0.5, 0.6) is 0 Å². The van der Waals surface area contributed by atoms with Crippen molar-refractivity contribution in [3.8, 4) is 0 Å². The maximum atomic E-state index is 12.2. The summed E-state index contributed by atoms with van der Waals surface area (Å²) in [6, 6.07) is -0.395. The first-order chi connectivity index (χ1) is 12.0. The molecule has 3 rings (SSSR count). The Kier molecular flexibility index (Phi) is 6.61. The van der Waals surface area contributed by atoms with Crippen LogP contribution >= 0.6 is 23.2 Å². The number of nitrogens with one attached hydrogen (secondary N) is 1. The van der Waals surface area contributed by atoms with Gasteiger partial charge in [0.15, 0.2) is 0 Å². The second-order valence-corrected chi connectivity index (χ2v) is 9.05. The molecule has 25 heavy (non-hydrogen) atoms. The lowest BCUT2D eigenvalue weighted by molar-refractivity contribution is -0.133. The van der Waals surface area contributed by atoms with Gasteiger partial charge < -0.3 is 10.4 Å². The SMILES string of the molecule is CNC(=O)C1CC2CCCCC2C(N=NC2CC(Cl)CCC2Cl)C1O. The van der Waals surface area contributed by atoms with E-state index >= 15 is 0 Å². The molecule has 3 aliphatic carbocycles. The number of alkyl halides is 2. The lowest BCUT2D eigenvalue weighted by Gasteiger charge is -2.45. The van der Waals surface area contributed by atoms with Crippen LogP contribution in [0.1, 0.15) is 51.4 Å². The third-order valence-corrected chi connectivity index (χ3v) is 7.23. The zero-order chi connectivity index (χ0) is 18.0. The topological polar surface area (TPSA) is 74.0 Å². The fourth-order valence-corrected chi connectivity index (χ4v) is 5.47. The van der Waals surface area contributed by atoms with E-state index in [1.165, 1.54) is 6.42 Å². The van der Waals surface area contributed by atoms with Crippen molar-refractivity contribution in [3.63, 3.8) is 0 Å². The number of halogens is 2. The lowest BCUT2D eigenvalue weighted by atomic mass is 9.64. The first kappa shape index (κ1) is 19.4. The van der Waals surface area contributed by atoms with Crippen LogP contribution in [0, 0.1) is 17.8 Å². The molecule has 0 saturated heterocycles. The first-order valence-corrected chi connectivity index (χ1v) is 10.5. The highest BCUT2D eigenvalue weighted by atomic mass is 35.5. The van der Waals surface area contributed by atoms with Crippen LogP contribution in [-0.4, -0.2) is 47.0 Å². The van der Waals surface area contributed by atoms with E-state index in [0.717, 1.165) is 44.9 Å². The fraction of sp³-hybridized carbons (Fsp3) is 0.944. The maximum Gasteiger partial charge on any atom is 0.225 e. The Balaban J connectivity index is 1.77. The van der Waals surface area contributed by atoms with E-state index in [-0.39, 0.29) is 28.7 Å². The van der Waals surface area contributed by atoms with Crippen molar-refractivity contribution in [1.29, 1.82) is 0 Å². The predicted octanol–water partition coefficient (Wildman–Crippen LogP) is 3.51. The summed E-state index contributed by atoms with van der Waals surface area (Å²) in [5, 5.41) is 22.7. The molecule has 0 aromatic rings. The maximum absolute atomic E-state index is 12.2. The molecular formula is C18H29Cl2N3O2. The Morgan fingerprint density at radius 3 is 2.60 bits per heavy atom. The molecule has 2 N–H and O–H groups in total. The van der Waals surface area contributed by atoms with E-state index in [4.69, 9.17) is 23.2 Å². The highest BCUT2D eigenvalue weighted by Gasteiger charge is 2.47. The Morgan fingerprint density at radius 1 is 1.08 bits per heavy atom. The summed E-state index contributed by atoms with van der Waals surface area (Å²) in [6.07, 6.45) is 7.00. The average molecular weight is 390 g/mol. The number of aliphatic hydroxyl groups excluding tert-OH is 1. The summed E-state index contributed by atoms with van der Waals surface area (Å²) < 4.78 is 0. The number of hydrogen-bond acceptors (Lipinski definition) is 4. The quantitative estimate of drug-likeness (QED) is 0.572. The molecule has 3 fully saturated rings. The summed E-state index contributed by atoms with van der Waals surface area (Å²) in [7, 11) is 1.62. The summed E-state index contributed by atoms with van der Waals surface area (Å²) in [5.74, 6) is 0.276. The molecule has 5 nitrogen and oxygen atoms in total. The summed E-state index contributed by atoms with van der Waals surface area (Å²) in [6.45, 7) is 0. The van der Waals surface area contributed by atoms with Gasteiger partial charge in [0.25, 0.3) is 0 Å². The number of carbonyl (C=O) groups is 1. The average Bonchev–Trinajstić information content (AvgIpc) is 2.62. The molecule has 0 aliphatic heterocycles. The number of amides is 1. The van der Waals surface area contributed by atoms with Gasteiger partial charge in [-0.05, 0) is 43.9 Å². The minimum Gasteiger partial charge on any atom is -0.390 e. The minimum atomic E-state index is -0.771. The standard InChI is InChI=1S/C18H29Cl2N3O2/c1-21-18(25)13-8-10-4-2-3-5-12(10)16(17(13)24)23-22-15-9-11(19)6-7-14(15)20/h10-17,24H,2-9H2,1H3,(H,21,25). The van der Waals surface area contributed by atoms with Gasteiger partial charge in [0.05, 0.1) is 23.4 Å². The van der Waals surface area contributed by atoms with E-state index in [1.807, 2.05) is 0 Å². The summed E-state index contributed by atoms with van der Waals surface area (Å²) >= 11 is 12.7. The molecule has 3 saturated carbocycles. The highest BCUT2D eigenvalue weighted by molar-refractivity contribution is 6.22.